The lowest BCUT2D eigenvalue weighted by atomic mass is 10.1. The van der Waals surface area contributed by atoms with E-state index in [1.54, 1.807) is 6.08 Å². The van der Waals surface area contributed by atoms with Crippen molar-refractivity contribution in [1.29, 1.82) is 0 Å². The van der Waals surface area contributed by atoms with Gasteiger partial charge in [0.05, 0.1) is 6.10 Å². The maximum Gasteiger partial charge on any atom is 0.0718 e. The second-order valence-electron chi connectivity index (χ2n) is 4.42. The fourth-order valence-corrected chi connectivity index (χ4v) is 1.78. The van der Waals surface area contributed by atoms with Crippen LogP contribution in [0.4, 0.5) is 0 Å². The maximum atomic E-state index is 9.24. The van der Waals surface area contributed by atoms with Crippen LogP contribution in [0.25, 0.3) is 0 Å². The number of unbranched alkanes of at least 4 members (excludes halogenated alkanes) is 8. The summed E-state index contributed by atoms with van der Waals surface area (Å²) in [5, 5.41) is 9.24. The lowest BCUT2D eigenvalue weighted by Crippen LogP contribution is -2.00. The Morgan fingerprint density at radius 3 is 1.87 bits per heavy atom. The average molecular weight is 212 g/mol. The maximum absolute atomic E-state index is 9.24. The highest BCUT2D eigenvalue weighted by molar-refractivity contribution is 4.77. The summed E-state index contributed by atoms with van der Waals surface area (Å²) in [5.74, 6) is 0. The molecule has 1 N–H and O–H groups in total. The molecule has 0 saturated heterocycles. The molecule has 1 heteroatoms. The normalized spacial score (nSPS) is 12.7. The van der Waals surface area contributed by atoms with Gasteiger partial charge in [0.15, 0.2) is 0 Å². The van der Waals surface area contributed by atoms with Gasteiger partial charge in [0.25, 0.3) is 0 Å². The standard InChI is InChI=1S/C14H28O/c1-3-5-6-7-8-9-10-11-12-13-14(15)4-2/h4,14-15H,2-3,5-13H2,1H3/t14-/m0/s1. The third kappa shape index (κ3) is 11.6. The fourth-order valence-electron chi connectivity index (χ4n) is 1.78. The number of hydrogen-bond acceptors (Lipinski definition) is 1. The van der Waals surface area contributed by atoms with Gasteiger partial charge in [0, 0.05) is 0 Å². The molecule has 1 atom stereocenters. The van der Waals surface area contributed by atoms with E-state index in [0.29, 0.717) is 0 Å². The minimum absolute atomic E-state index is 0.283. The Kier molecular flexibility index (Phi) is 11.5. The third-order valence-electron chi connectivity index (χ3n) is 2.88. The lowest BCUT2D eigenvalue weighted by Gasteiger charge is -2.04. The van der Waals surface area contributed by atoms with Crippen LogP contribution >= 0.6 is 0 Å². The Morgan fingerprint density at radius 1 is 0.933 bits per heavy atom. The van der Waals surface area contributed by atoms with Crippen LogP contribution < -0.4 is 0 Å². The van der Waals surface area contributed by atoms with Gasteiger partial charge in [-0.3, -0.25) is 0 Å². The monoisotopic (exact) mass is 212 g/mol. The molecule has 90 valence electrons. The van der Waals surface area contributed by atoms with Crippen LogP contribution in [0, 0.1) is 0 Å². The summed E-state index contributed by atoms with van der Waals surface area (Å²) < 4.78 is 0. The molecule has 0 spiro atoms. The first-order valence-electron chi connectivity index (χ1n) is 6.62. The quantitative estimate of drug-likeness (QED) is 0.396. The van der Waals surface area contributed by atoms with E-state index in [1.165, 1.54) is 51.4 Å². The van der Waals surface area contributed by atoms with Crippen molar-refractivity contribution in [3.05, 3.63) is 12.7 Å². The van der Waals surface area contributed by atoms with Crippen LogP contribution in [-0.4, -0.2) is 11.2 Å². The highest BCUT2D eigenvalue weighted by atomic mass is 16.3. The summed E-state index contributed by atoms with van der Waals surface area (Å²) in [5.41, 5.74) is 0. The van der Waals surface area contributed by atoms with Crippen molar-refractivity contribution in [3.63, 3.8) is 0 Å². The van der Waals surface area contributed by atoms with Crippen LogP contribution in [-0.2, 0) is 0 Å². The first kappa shape index (κ1) is 14.7. The van der Waals surface area contributed by atoms with Gasteiger partial charge in [0.2, 0.25) is 0 Å². The van der Waals surface area contributed by atoms with Gasteiger partial charge in [-0.1, -0.05) is 70.8 Å². The fraction of sp³-hybridized carbons (Fsp3) is 0.857. The van der Waals surface area contributed by atoms with Crippen LogP contribution in [0.1, 0.15) is 71.1 Å². The summed E-state index contributed by atoms with van der Waals surface area (Å²) >= 11 is 0. The molecule has 0 aliphatic carbocycles. The summed E-state index contributed by atoms with van der Waals surface area (Å²) in [4.78, 5) is 0. The number of rotatable bonds is 11. The van der Waals surface area contributed by atoms with Crippen LogP contribution in [0.2, 0.25) is 0 Å². The van der Waals surface area contributed by atoms with Crippen LogP contribution in [0.15, 0.2) is 12.7 Å². The highest BCUT2D eigenvalue weighted by Crippen LogP contribution is 2.11. The van der Waals surface area contributed by atoms with Gasteiger partial charge in [0.1, 0.15) is 0 Å². The van der Waals surface area contributed by atoms with Gasteiger partial charge in [-0.15, -0.1) is 6.58 Å². The van der Waals surface area contributed by atoms with E-state index in [2.05, 4.69) is 13.5 Å². The van der Waals surface area contributed by atoms with E-state index in [9.17, 15) is 5.11 Å². The minimum atomic E-state index is -0.283. The van der Waals surface area contributed by atoms with Gasteiger partial charge >= 0.3 is 0 Å². The molecule has 0 unspecified atom stereocenters. The van der Waals surface area contributed by atoms with Gasteiger partial charge in [-0.05, 0) is 6.42 Å². The molecule has 0 aromatic rings. The summed E-state index contributed by atoms with van der Waals surface area (Å²) in [6, 6.07) is 0. The molecule has 0 heterocycles. The smallest absolute Gasteiger partial charge is 0.0718 e. The highest BCUT2D eigenvalue weighted by Gasteiger charge is 1.97. The zero-order valence-corrected chi connectivity index (χ0v) is 10.4. The second-order valence-corrected chi connectivity index (χ2v) is 4.42. The van der Waals surface area contributed by atoms with E-state index in [1.807, 2.05) is 0 Å². The molecule has 0 aliphatic heterocycles. The second kappa shape index (κ2) is 11.8. The molecule has 0 bridgehead atoms. The minimum Gasteiger partial charge on any atom is -0.389 e. The van der Waals surface area contributed by atoms with E-state index in [0.717, 1.165) is 12.8 Å². The van der Waals surface area contributed by atoms with E-state index in [4.69, 9.17) is 0 Å². The molecule has 0 saturated carbocycles. The molecule has 0 radical (unpaired) electrons. The van der Waals surface area contributed by atoms with E-state index in [-0.39, 0.29) is 6.10 Å². The SMILES string of the molecule is C=C[C@H](O)CCCCCCCCCCC. The zero-order valence-electron chi connectivity index (χ0n) is 10.4. The van der Waals surface area contributed by atoms with Crippen molar-refractivity contribution >= 4 is 0 Å². The predicted octanol–water partition coefficient (Wildman–Crippen LogP) is 4.45. The number of hydrogen-bond donors (Lipinski definition) is 1. The number of aliphatic hydroxyl groups excluding tert-OH is 1. The third-order valence-corrected chi connectivity index (χ3v) is 2.88. The summed E-state index contributed by atoms with van der Waals surface area (Å²) in [6.07, 6.45) is 14.3. The van der Waals surface area contributed by atoms with Crippen LogP contribution in [0.5, 0.6) is 0 Å². The topological polar surface area (TPSA) is 20.2 Å². The Morgan fingerprint density at radius 2 is 1.40 bits per heavy atom. The van der Waals surface area contributed by atoms with Crippen molar-refractivity contribution in [3.8, 4) is 0 Å². The van der Waals surface area contributed by atoms with Crippen molar-refractivity contribution in [2.24, 2.45) is 0 Å². The molecule has 0 rings (SSSR count). The van der Waals surface area contributed by atoms with Crippen molar-refractivity contribution in [2.45, 2.75) is 77.2 Å². The van der Waals surface area contributed by atoms with Crippen LogP contribution in [0.3, 0.4) is 0 Å². The molecular weight excluding hydrogens is 184 g/mol. The Hall–Kier alpha value is -0.300. The Labute approximate surface area is 95.6 Å². The zero-order chi connectivity index (χ0) is 11.4. The van der Waals surface area contributed by atoms with E-state index < -0.39 is 0 Å². The first-order chi connectivity index (χ1) is 7.31. The van der Waals surface area contributed by atoms with Gasteiger partial charge in [-0.25, -0.2) is 0 Å². The summed E-state index contributed by atoms with van der Waals surface area (Å²) in [6.45, 7) is 5.82. The predicted molar refractivity (Wildman–Crippen MR) is 68.0 cm³/mol. The summed E-state index contributed by atoms with van der Waals surface area (Å²) in [7, 11) is 0. The molecule has 0 amide bonds. The van der Waals surface area contributed by atoms with Gasteiger partial charge in [-0.2, -0.15) is 0 Å². The van der Waals surface area contributed by atoms with Crippen molar-refractivity contribution in [2.75, 3.05) is 0 Å². The number of aliphatic hydroxyl groups is 1. The molecule has 0 aromatic heterocycles. The molecule has 15 heavy (non-hydrogen) atoms. The Balaban J connectivity index is 2.95. The van der Waals surface area contributed by atoms with Gasteiger partial charge < -0.3 is 5.11 Å². The Bertz CT molecular complexity index is 131. The molecular formula is C14H28O. The van der Waals surface area contributed by atoms with Crippen molar-refractivity contribution < 1.29 is 5.11 Å². The molecule has 0 aromatic carbocycles. The molecule has 0 fully saturated rings. The lowest BCUT2D eigenvalue weighted by molar-refractivity contribution is 0.208. The largest absolute Gasteiger partial charge is 0.389 e. The van der Waals surface area contributed by atoms with Crippen molar-refractivity contribution in [1.82, 2.24) is 0 Å². The van der Waals surface area contributed by atoms with E-state index >= 15 is 0 Å². The molecule has 1 nitrogen and oxygen atoms in total. The molecule has 0 aliphatic rings. The first-order valence-corrected chi connectivity index (χ1v) is 6.62. The average Bonchev–Trinajstić information content (AvgIpc) is 2.26.